The number of terminal acetylenes is 1. The first-order valence-electron chi connectivity index (χ1n) is 4.21. The van der Waals surface area contributed by atoms with Crippen molar-refractivity contribution in [2.24, 2.45) is 0 Å². The van der Waals surface area contributed by atoms with Gasteiger partial charge >= 0.3 is 0 Å². The zero-order valence-corrected chi connectivity index (χ0v) is 8.02. The molecule has 0 heterocycles. The largest absolute Gasteiger partial charge is 0.368 e. The second-order valence-electron chi connectivity index (χ2n) is 2.82. The molecule has 0 aromatic heterocycles. The maximum atomic E-state index is 11.4. The van der Waals surface area contributed by atoms with Crippen molar-refractivity contribution in [3.63, 3.8) is 0 Å². The third-order valence-electron chi connectivity index (χ3n) is 1.99. The maximum Gasteiger partial charge on any atom is 0.176 e. The van der Waals surface area contributed by atoms with Crippen LogP contribution < -0.4 is 0 Å². The second kappa shape index (κ2) is 4.95. The van der Waals surface area contributed by atoms with E-state index in [0.717, 1.165) is 0 Å². The first kappa shape index (κ1) is 11.2. The number of carbonyl (C=O) groups excluding carboxylic acids is 1. The summed E-state index contributed by atoms with van der Waals surface area (Å²) in [6.45, 7) is 6.12. The summed E-state index contributed by atoms with van der Waals surface area (Å²) in [6, 6.07) is 0. The minimum absolute atomic E-state index is 0.00523. The molecule has 0 rings (SSSR count). The Kier molecular flexibility index (Phi) is 4.61. The Morgan fingerprint density at radius 3 is 2.50 bits per heavy atom. The second-order valence-corrected chi connectivity index (χ2v) is 2.82. The van der Waals surface area contributed by atoms with Crippen molar-refractivity contribution in [3.05, 3.63) is 0 Å². The van der Waals surface area contributed by atoms with Gasteiger partial charge in [-0.3, -0.25) is 4.79 Å². The summed E-state index contributed by atoms with van der Waals surface area (Å²) in [5, 5.41) is 0. The first-order chi connectivity index (χ1) is 5.60. The third kappa shape index (κ3) is 2.67. The summed E-state index contributed by atoms with van der Waals surface area (Å²) in [5.41, 5.74) is -0.679. The molecular formula is C10H16O2. The molecule has 2 nitrogen and oxygen atoms in total. The van der Waals surface area contributed by atoms with E-state index >= 15 is 0 Å². The molecule has 0 fully saturated rings. The summed E-state index contributed by atoms with van der Waals surface area (Å²) >= 11 is 0. The van der Waals surface area contributed by atoms with Gasteiger partial charge in [0.25, 0.3) is 0 Å². The van der Waals surface area contributed by atoms with E-state index in [1.807, 2.05) is 13.8 Å². The molecule has 0 spiro atoms. The Hall–Kier alpha value is -0.810. The van der Waals surface area contributed by atoms with Gasteiger partial charge < -0.3 is 4.74 Å². The molecule has 12 heavy (non-hydrogen) atoms. The summed E-state index contributed by atoms with van der Waals surface area (Å²) in [7, 11) is 0. The topological polar surface area (TPSA) is 26.3 Å². The van der Waals surface area contributed by atoms with Crippen molar-refractivity contribution in [3.8, 4) is 12.3 Å². The molecule has 1 atom stereocenters. The lowest BCUT2D eigenvalue weighted by Gasteiger charge is -2.25. The van der Waals surface area contributed by atoms with Crippen LogP contribution in [0.4, 0.5) is 0 Å². The fourth-order valence-electron chi connectivity index (χ4n) is 0.978. The first-order valence-corrected chi connectivity index (χ1v) is 4.21. The molecule has 68 valence electrons. The highest BCUT2D eigenvalue weighted by Gasteiger charge is 2.30. The Labute approximate surface area is 74.3 Å². The lowest BCUT2D eigenvalue weighted by atomic mass is 9.95. The minimum Gasteiger partial charge on any atom is -0.368 e. The number of ether oxygens (including phenoxy) is 1. The standard InChI is InChI=1S/C10H16O2/c1-5-8-9(11)10(4,6-2)12-7-3/h1H,6-8H2,2-4H3. The number of ketones is 1. The Balaban J connectivity index is 4.31. The van der Waals surface area contributed by atoms with E-state index in [9.17, 15) is 4.79 Å². The Morgan fingerprint density at radius 2 is 2.17 bits per heavy atom. The molecule has 1 unspecified atom stereocenters. The molecule has 0 aliphatic heterocycles. The predicted molar refractivity (Wildman–Crippen MR) is 48.8 cm³/mol. The van der Waals surface area contributed by atoms with Gasteiger partial charge in [-0.2, -0.15) is 0 Å². The molecule has 0 aliphatic rings. The maximum absolute atomic E-state index is 11.4. The van der Waals surface area contributed by atoms with E-state index in [1.165, 1.54) is 0 Å². The van der Waals surface area contributed by atoms with Crippen LogP contribution in [0.2, 0.25) is 0 Å². The SMILES string of the molecule is C#CCC(=O)C(C)(CC)OCC. The molecule has 0 aromatic rings. The van der Waals surface area contributed by atoms with E-state index in [-0.39, 0.29) is 12.2 Å². The van der Waals surface area contributed by atoms with Crippen molar-refractivity contribution >= 4 is 5.78 Å². The van der Waals surface area contributed by atoms with Crippen LogP contribution in [0.1, 0.15) is 33.6 Å². The van der Waals surface area contributed by atoms with Gasteiger partial charge in [0.2, 0.25) is 0 Å². The fourth-order valence-corrected chi connectivity index (χ4v) is 0.978. The zero-order chi connectivity index (χ0) is 9.61. The van der Waals surface area contributed by atoms with Crippen LogP contribution in [-0.4, -0.2) is 18.0 Å². The monoisotopic (exact) mass is 168 g/mol. The summed E-state index contributed by atoms with van der Waals surface area (Å²) in [6.07, 6.45) is 5.88. The van der Waals surface area contributed by atoms with E-state index in [2.05, 4.69) is 5.92 Å². The predicted octanol–water partition coefficient (Wildman–Crippen LogP) is 1.78. The number of hydrogen-bond donors (Lipinski definition) is 0. The highest BCUT2D eigenvalue weighted by atomic mass is 16.5. The number of hydrogen-bond acceptors (Lipinski definition) is 2. The summed E-state index contributed by atoms with van der Waals surface area (Å²) < 4.78 is 5.35. The lowest BCUT2D eigenvalue weighted by molar-refractivity contribution is -0.141. The van der Waals surface area contributed by atoms with Crippen LogP contribution in [0, 0.1) is 12.3 Å². The Bertz CT molecular complexity index is 191. The van der Waals surface area contributed by atoms with Gasteiger partial charge in [-0.25, -0.2) is 0 Å². The van der Waals surface area contributed by atoms with Crippen molar-refractivity contribution < 1.29 is 9.53 Å². The molecule has 0 aromatic carbocycles. The van der Waals surface area contributed by atoms with E-state index in [4.69, 9.17) is 11.2 Å². The molecule has 0 bridgehead atoms. The third-order valence-corrected chi connectivity index (χ3v) is 1.99. The summed E-state index contributed by atoms with van der Waals surface area (Å²) in [4.78, 5) is 11.4. The van der Waals surface area contributed by atoms with Crippen LogP contribution in [-0.2, 0) is 9.53 Å². The molecule has 0 saturated heterocycles. The van der Waals surface area contributed by atoms with Crippen molar-refractivity contribution in [1.82, 2.24) is 0 Å². The molecule has 0 N–H and O–H groups in total. The van der Waals surface area contributed by atoms with Crippen molar-refractivity contribution in [1.29, 1.82) is 0 Å². The number of carbonyl (C=O) groups is 1. The highest BCUT2D eigenvalue weighted by Crippen LogP contribution is 2.17. The van der Waals surface area contributed by atoms with Gasteiger partial charge in [-0.05, 0) is 20.3 Å². The average Bonchev–Trinajstić information content (AvgIpc) is 2.05. The van der Waals surface area contributed by atoms with Gasteiger partial charge in [0, 0.05) is 6.61 Å². The van der Waals surface area contributed by atoms with Gasteiger partial charge in [-0.15, -0.1) is 6.42 Å². The van der Waals surface area contributed by atoms with Gasteiger partial charge in [0.05, 0.1) is 6.42 Å². The Morgan fingerprint density at radius 1 is 1.58 bits per heavy atom. The van der Waals surface area contributed by atoms with E-state index in [1.54, 1.807) is 6.92 Å². The van der Waals surface area contributed by atoms with Crippen LogP contribution in [0.5, 0.6) is 0 Å². The van der Waals surface area contributed by atoms with Crippen LogP contribution in [0.25, 0.3) is 0 Å². The van der Waals surface area contributed by atoms with Gasteiger partial charge in [0.15, 0.2) is 5.78 Å². The van der Waals surface area contributed by atoms with Crippen molar-refractivity contribution in [2.45, 2.75) is 39.2 Å². The van der Waals surface area contributed by atoms with Crippen LogP contribution in [0.15, 0.2) is 0 Å². The molecule has 2 heteroatoms. The van der Waals surface area contributed by atoms with Crippen LogP contribution >= 0.6 is 0 Å². The smallest absolute Gasteiger partial charge is 0.176 e. The zero-order valence-electron chi connectivity index (χ0n) is 8.02. The molecule has 0 aliphatic carbocycles. The molecule has 0 radical (unpaired) electrons. The van der Waals surface area contributed by atoms with Crippen LogP contribution in [0.3, 0.4) is 0 Å². The quantitative estimate of drug-likeness (QED) is 0.585. The van der Waals surface area contributed by atoms with Crippen molar-refractivity contribution in [2.75, 3.05) is 6.61 Å². The fraction of sp³-hybridized carbons (Fsp3) is 0.700. The highest BCUT2D eigenvalue weighted by molar-refractivity contribution is 5.88. The average molecular weight is 168 g/mol. The van der Waals surface area contributed by atoms with Gasteiger partial charge in [0.1, 0.15) is 5.60 Å². The molecule has 0 saturated carbocycles. The number of rotatable bonds is 5. The molecule has 0 amide bonds. The van der Waals surface area contributed by atoms with E-state index < -0.39 is 5.60 Å². The molecular weight excluding hydrogens is 152 g/mol. The summed E-state index contributed by atoms with van der Waals surface area (Å²) in [5.74, 6) is 2.33. The lowest BCUT2D eigenvalue weighted by Crippen LogP contribution is -2.37. The number of Topliss-reactive ketones (excluding diaryl/α,β-unsaturated/α-hetero) is 1. The van der Waals surface area contributed by atoms with E-state index in [0.29, 0.717) is 13.0 Å². The van der Waals surface area contributed by atoms with Gasteiger partial charge in [-0.1, -0.05) is 12.8 Å². The normalized spacial score (nSPS) is 14.8. The minimum atomic E-state index is -0.679.